The smallest absolute Gasteiger partial charge is 0.132 e. The zero-order valence-corrected chi connectivity index (χ0v) is 26.2. The summed E-state index contributed by atoms with van der Waals surface area (Å²) in [6.45, 7) is 0. The van der Waals surface area contributed by atoms with Crippen LogP contribution in [0.15, 0.2) is 182 Å². The molecule has 10 rings (SSSR count). The highest BCUT2D eigenvalue weighted by atomic mass is 16.5. The van der Waals surface area contributed by atoms with Crippen molar-refractivity contribution >= 4 is 10.8 Å². The van der Waals surface area contributed by atoms with E-state index < -0.39 is 5.41 Å². The average molecular weight is 611 g/mol. The molecule has 224 valence electrons. The Hall–Kier alpha value is -6.18. The maximum atomic E-state index is 6.68. The molecular formula is C47H30O. The molecule has 0 N–H and O–H groups in total. The molecule has 48 heavy (non-hydrogen) atoms. The normalized spacial score (nSPS) is 13.3. The van der Waals surface area contributed by atoms with Crippen LogP contribution in [-0.4, -0.2) is 0 Å². The van der Waals surface area contributed by atoms with E-state index in [0.717, 1.165) is 11.5 Å². The van der Waals surface area contributed by atoms with Gasteiger partial charge in [0, 0.05) is 11.1 Å². The van der Waals surface area contributed by atoms with E-state index in [2.05, 4.69) is 182 Å². The van der Waals surface area contributed by atoms with Gasteiger partial charge in [-0.05, 0) is 103 Å². The molecule has 0 radical (unpaired) electrons. The van der Waals surface area contributed by atoms with Crippen molar-refractivity contribution in [2.24, 2.45) is 0 Å². The predicted molar refractivity (Wildman–Crippen MR) is 198 cm³/mol. The summed E-state index contributed by atoms with van der Waals surface area (Å²) >= 11 is 0. The van der Waals surface area contributed by atoms with Gasteiger partial charge in [-0.2, -0.15) is 0 Å². The molecule has 0 amide bonds. The number of rotatable bonds is 3. The van der Waals surface area contributed by atoms with Crippen molar-refractivity contribution in [1.29, 1.82) is 0 Å². The lowest BCUT2D eigenvalue weighted by molar-refractivity contribution is 0.436. The first-order valence-electron chi connectivity index (χ1n) is 16.6. The van der Waals surface area contributed by atoms with Crippen LogP contribution < -0.4 is 4.74 Å². The van der Waals surface area contributed by atoms with Crippen molar-refractivity contribution in [3.05, 3.63) is 204 Å². The average Bonchev–Trinajstić information content (AvgIpc) is 3.45. The summed E-state index contributed by atoms with van der Waals surface area (Å²) in [4.78, 5) is 0. The van der Waals surface area contributed by atoms with Crippen LogP contribution in [0.25, 0.3) is 55.3 Å². The highest BCUT2D eigenvalue weighted by Gasteiger charge is 2.50. The van der Waals surface area contributed by atoms with Crippen molar-refractivity contribution in [1.82, 2.24) is 0 Å². The molecule has 1 spiro atoms. The zero-order valence-electron chi connectivity index (χ0n) is 26.2. The van der Waals surface area contributed by atoms with Crippen LogP contribution in [-0.2, 0) is 5.41 Å². The standard InChI is InChI=1S/C47H30O/c1-2-13-31(14-3-1)36-28-34-15-4-5-18-37(34)40(29-36)35-17-12-16-32(27-35)33-25-26-46-44(30-33)47(43-23-10-11-24-45(43)48-46)41-21-8-6-19-38(41)39-20-7-9-22-42(39)47/h1-30H. The van der Waals surface area contributed by atoms with Crippen molar-refractivity contribution < 1.29 is 4.74 Å². The van der Waals surface area contributed by atoms with Crippen LogP contribution in [0.2, 0.25) is 0 Å². The fourth-order valence-electron chi connectivity index (χ4n) is 8.25. The Morgan fingerprint density at radius 1 is 0.312 bits per heavy atom. The second-order valence-corrected chi connectivity index (χ2v) is 12.8. The third-order valence-corrected chi connectivity index (χ3v) is 10.3. The van der Waals surface area contributed by atoms with Gasteiger partial charge in [0.15, 0.2) is 0 Å². The van der Waals surface area contributed by atoms with Gasteiger partial charge in [-0.1, -0.05) is 146 Å². The first kappa shape index (κ1) is 27.0. The molecule has 1 aliphatic carbocycles. The molecule has 0 unspecified atom stereocenters. The number of para-hydroxylation sites is 1. The summed E-state index contributed by atoms with van der Waals surface area (Å²) in [5.74, 6) is 1.82. The monoisotopic (exact) mass is 610 g/mol. The van der Waals surface area contributed by atoms with Gasteiger partial charge in [-0.3, -0.25) is 0 Å². The first-order chi connectivity index (χ1) is 23.8. The van der Waals surface area contributed by atoms with Crippen LogP contribution in [0.5, 0.6) is 11.5 Å². The maximum absolute atomic E-state index is 6.68. The molecule has 2 aliphatic rings. The minimum atomic E-state index is -0.481. The van der Waals surface area contributed by atoms with E-state index in [0.29, 0.717) is 0 Å². The molecule has 8 aromatic rings. The van der Waals surface area contributed by atoms with Crippen molar-refractivity contribution in [3.63, 3.8) is 0 Å². The van der Waals surface area contributed by atoms with E-state index in [1.54, 1.807) is 0 Å². The topological polar surface area (TPSA) is 9.23 Å². The Morgan fingerprint density at radius 3 is 1.73 bits per heavy atom. The number of fused-ring (bicyclic) bond motifs is 10. The Kier molecular flexibility index (Phi) is 5.86. The summed E-state index contributed by atoms with van der Waals surface area (Å²) in [6, 6.07) is 66.1. The minimum absolute atomic E-state index is 0.481. The Labute approximate surface area is 280 Å². The highest BCUT2D eigenvalue weighted by molar-refractivity contribution is 6.00. The zero-order chi connectivity index (χ0) is 31.7. The highest BCUT2D eigenvalue weighted by Crippen LogP contribution is 2.62. The van der Waals surface area contributed by atoms with Gasteiger partial charge in [0.05, 0.1) is 5.41 Å². The van der Waals surface area contributed by atoms with Crippen LogP contribution >= 0.6 is 0 Å². The fraction of sp³-hybridized carbons (Fsp3) is 0.0213. The molecule has 0 fully saturated rings. The fourth-order valence-corrected chi connectivity index (χ4v) is 8.25. The number of hydrogen-bond donors (Lipinski definition) is 0. The summed E-state index contributed by atoms with van der Waals surface area (Å²) < 4.78 is 6.68. The lowest BCUT2D eigenvalue weighted by Crippen LogP contribution is -2.32. The summed E-state index contributed by atoms with van der Waals surface area (Å²) in [7, 11) is 0. The van der Waals surface area contributed by atoms with Gasteiger partial charge in [0.1, 0.15) is 11.5 Å². The molecule has 8 aromatic carbocycles. The van der Waals surface area contributed by atoms with Crippen molar-refractivity contribution in [2.45, 2.75) is 5.41 Å². The summed E-state index contributed by atoms with van der Waals surface area (Å²) in [5.41, 5.74) is 14.3. The molecular weight excluding hydrogens is 581 g/mol. The van der Waals surface area contributed by atoms with Gasteiger partial charge in [0.2, 0.25) is 0 Å². The molecule has 1 heterocycles. The SMILES string of the molecule is c1ccc(-c2cc(-c3cccc(-c4ccc5c(c4)C4(c6ccccc6O5)c5ccccc5-c5ccccc54)c3)c3ccccc3c2)cc1. The molecule has 0 aromatic heterocycles. The maximum Gasteiger partial charge on any atom is 0.132 e. The predicted octanol–water partition coefficient (Wildman–Crippen LogP) is 12.3. The van der Waals surface area contributed by atoms with E-state index in [1.165, 1.54) is 77.5 Å². The molecule has 0 atom stereocenters. The number of benzene rings is 8. The quantitative estimate of drug-likeness (QED) is 0.193. The van der Waals surface area contributed by atoms with Crippen LogP contribution in [0.4, 0.5) is 0 Å². The molecule has 1 aliphatic heterocycles. The van der Waals surface area contributed by atoms with Gasteiger partial charge in [0.25, 0.3) is 0 Å². The minimum Gasteiger partial charge on any atom is -0.457 e. The third kappa shape index (κ3) is 3.85. The lowest BCUT2D eigenvalue weighted by atomic mass is 9.66. The Morgan fingerprint density at radius 2 is 0.917 bits per heavy atom. The van der Waals surface area contributed by atoms with Crippen LogP contribution in [0, 0.1) is 0 Å². The van der Waals surface area contributed by atoms with Crippen LogP contribution in [0.1, 0.15) is 22.3 Å². The number of ether oxygens (including phenoxy) is 1. The second-order valence-electron chi connectivity index (χ2n) is 12.8. The van der Waals surface area contributed by atoms with Crippen molar-refractivity contribution in [2.75, 3.05) is 0 Å². The van der Waals surface area contributed by atoms with Crippen molar-refractivity contribution in [3.8, 4) is 56.0 Å². The van der Waals surface area contributed by atoms with Gasteiger partial charge in [-0.25, -0.2) is 0 Å². The molecule has 0 saturated carbocycles. The van der Waals surface area contributed by atoms with E-state index in [9.17, 15) is 0 Å². The number of hydrogen-bond acceptors (Lipinski definition) is 1. The van der Waals surface area contributed by atoms with Gasteiger partial charge >= 0.3 is 0 Å². The van der Waals surface area contributed by atoms with E-state index >= 15 is 0 Å². The largest absolute Gasteiger partial charge is 0.457 e. The molecule has 0 saturated heterocycles. The van der Waals surface area contributed by atoms with Gasteiger partial charge in [-0.15, -0.1) is 0 Å². The Balaban J connectivity index is 1.18. The first-order valence-corrected chi connectivity index (χ1v) is 16.6. The van der Waals surface area contributed by atoms with E-state index in [1.807, 2.05) is 0 Å². The summed E-state index contributed by atoms with van der Waals surface area (Å²) in [6.07, 6.45) is 0. The van der Waals surface area contributed by atoms with E-state index in [4.69, 9.17) is 4.74 Å². The molecule has 1 nitrogen and oxygen atoms in total. The summed E-state index contributed by atoms with van der Waals surface area (Å²) in [5, 5.41) is 2.49. The lowest BCUT2D eigenvalue weighted by Gasteiger charge is -2.39. The second kappa shape index (κ2) is 10.4. The van der Waals surface area contributed by atoms with Crippen LogP contribution in [0.3, 0.4) is 0 Å². The Bertz CT molecular complexity index is 2500. The molecule has 1 heteroatoms. The van der Waals surface area contributed by atoms with E-state index in [-0.39, 0.29) is 0 Å². The third-order valence-electron chi connectivity index (χ3n) is 10.3. The molecule has 0 bridgehead atoms. The van der Waals surface area contributed by atoms with Gasteiger partial charge < -0.3 is 4.74 Å².